The molecule has 0 atom stereocenters. The molecule has 6 aromatic rings. The standard InChI is InChI=1S/C33H22O2/c34-29-17-13-20-7-1-5-11-24(20)31(29)27-16-15-26-23-10-4-3-9-22(23)19-28(26)32(27)33-25-12-6-2-8-21(25)14-18-30(33)35/h1-18,34-35H,19H2. The Morgan fingerprint density at radius 3 is 1.74 bits per heavy atom. The third-order valence-corrected chi connectivity index (χ3v) is 7.32. The Balaban J connectivity index is 1.66. The topological polar surface area (TPSA) is 40.5 Å². The maximum Gasteiger partial charge on any atom is 0.124 e. The zero-order valence-electron chi connectivity index (χ0n) is 19.0. The van der Waals surface area contributed by atoms with Crippen LogP contribution in [0.25, 0.3) is 54.9 Å². The van der Waals surface area contributed by atoms with Gasteiger partial charge in [0.2, 0.25) is 0 Å². The van der Waals surface area contributed by atoms with Crippen molar-refractivity contribution in [2.45, 2.75) is 6.42 Å². The van der Waals surface area contributed by atoms with Crippen LogP contribution in [0.3, 0.4) is 0 Å². The van der Waals surface area contributed by atoms with Gasteiger partial charge in [-0.1, -0.05) is 97.1 Å². The normalized spacial score (nSPS) is 12.1. The van der Waals surface area contributed by atoms with E-state index in [1.807, 2.05) is 36.4 Å². The fraction of sp³-hybridized carbons (Fsp3) is 0.0303. The van der Waals surface area contributed by atoms with E-state index in [-0.39, 0.29) is 11.5 Å². The number of benzene rings is 6. The smallest absolute Gasteiger partial charge is 0.124 e. The highest BCUT2D eigenvalue weighted by molar-refractivity contribution is 6.10. The Kier molecular flexibility index (Phi) is 4.24. The Morgan fingerprint density at radius 1 is 0.429 bits per heavy atom. The van der Waals surface area contributed by atoms with Gasteiger partial charge in [-0.05, 0) is 73.5 Å². The van der Waals surface area contributed by atoms with Gasteiger partial charge in [0.1, 0.15) is 11.5 Å². The van der Waals surface area contributed by atoms with E-state index in [0.29, 0.717) is 0 Å². The van der Waals surface area contributed by atoms with Gasteiger partial charge in [-0.2, -0.15) is 0 Å². The lowest BCUT2D eigenvalue weighted by Crippen LogP contribution is -1.95. The first-order valence-electron chi connectivity index (χ1n) is 11.9. The molecule has 166 valence electrons. The molecule has 0 heterocycles. The SMILES string of the molecule is Oc1ccc2ccccc2c1-c1ccc2c(c1-c1c(O)ccc3ccccc13)Cc1ccccc1-2. The predicted octanol–water partition coefficient (Wildman–Crippen LogP) is 8.31. The Hall–Kier alpha value is -4.56. The average molecular weight is 451 g/mol. The number of phenols is 2. The lowest BCUT2D eigenvalue weighted by Gasteiger charge is -2.20. The molecule has 0 unspecified atom stereocenters. The summed E-state index contributed by atoms with van der Waals surface area (Å²) in [5.41, 5.74) is 8.41. The molecule has 6 aromatic carbocycles. The third kappa shape index (κ3) is 2.90. The van der Waals surface area contributed by atoms with Gasteiger partial charge in [0.15, 0.2) is 0 Å². The van der Waals surface area contributed by atoms with E-state index in [1.165, 1.54) is 22.3 Å². The summed E-state index contributed by atoms with van der Waals surface area (Å²) in [7, 11) is 0. The minimum absolute atomic E-state index is 0.236. The first-order chi connectivity index (χ1) is 17.2. The zero-order valence-corrected chi connectivity index (χ0v) is 19.0. The van der Waals surface area contributed by atoms with Crippen LogP contribution in [-0.4, -0.2) is 10.2 Å². The summed E-state index contributed by atoms with van der Waals surface area (Å²) < 4.78 is 0. The highest BCUT2D eigenvalue weighted by Gasteiger charge is 2.27. The van der Waals surface area contributed by atoms with Crippen molar-refractivity contribution in [2.75, 3.05) is 0 Å². The minimum atomic E-state index is 0.236. The van der Waals surface area contributed by atoms with Crippen LogP contribution in [0.1, 0.15) is 11.1 Å². The summed E-state index contributed by atoms with van der Waals surface area (Å²) >= 11 is 0. The van der Waals surface area contributed by atoms with Crippen LogP contribution in [0.2, 0.25) is 0 Å². The molecule has 2 heteroatoms. The van der Waals surface area contributed by atoms with Crippen molar-refractivity contribution in [3.05, 3.63) is 120 Å². The van der Waals surface area contributed by atoms with Crippen LogP contribution < -0.4 is 0 Å². The molecule has 2 nitrogen and oxygen atoms in total. The molecule has 0 aliphatic heterocycles. The summed E-state index contributed by atoms with van der Waals surface area (Å²) in [5, 5.41) is 26.6. The van der Waals surface area contributed by atoms with Crippen molar-refractivity contribution in [1.29, 1.82) is 0 Å². The molecule has 0 spiro atoms. The summed E-state index contributed by atoms with van der Waals surface area (Å²) in [6, 6.07) is 36.6. The van der Waals surface area contributed by atoms with Crippen LogP contribution in [0, 0.1) is 0 Å². The molecule has 0 fully saturated rings. The number of phenolic OH excluding ortho intramolecular Hbond substituents is 2. The Labute approximate surface area is 203 Å². The fourth-order valence-corrected chi connectivity index (χ4v) is 5.77. The van der Waals surface area contributed by atoms with E-state index in [0.717, 1.165) is 50.2 Å². The summed E-state index contributed by atoms with van der Waals surface area (Å²) in [6.45, 7) is 0. The van der Waals surface area contributed by atoms with Crippen molar-refractivity contribution in [1.82, 2.24) is 0 Å². The van der Waals surface area contributed by atoms with Crippen LogP contribution in [0.15, 0.2) is 109 Å². The summed E-state index contributed by atoms with van der Waals surface area (Å²) in [4.78, 5) is 0. The van der Waals surface area contributed by atoms with Gasteiger partial charge in [-0.25, -0.2) is 0 Å². The van der Waals surface area contributed by atoms with E-state index < -0.39 is 0 Å². The van der Waals surface area contributed by atoms with E-state index in [9.17, 15) is 10.2 Å². The molecule has 1 aliphatic rings. The molecule has 7 rings (SSSR count). The molecule has 0 bridgehead atoms. The number of aromatic hydroxyl groups is 2. The van der Waals surface area contributed by atoms with E-state index in [4.69, 9.17) is 0 Å². The Morgan fingerprint density at radius 2 is 1.00 bits per heavy atom. The lowest BCUT2D eigenvalue weighted by molar-refractivity contribution is 0.477. The Bertz CT molecular complexity index is 1800. The van der Waals surface area contributed by atoms with Crippen LogP contribution in [0.4, 0.5) is 0 Å². The number of hydrogen-bond acceptors (Lipinski definition) is 2. The first-order valence-corrected chi connectivity index (χ1v) is 11.9. The van der Waals surface area contributed by atoms with Crippen molar-refractivity contribution in [3.8, 4) is 44.9 Å². The van der Waals surface area contributed by atoms with Crippen molar-refractivity contribution in [3.63, 3.8) is 0 Å². The van der Waals surface area contributed by atoms with Crippen LogP contribution in [0.5, 0.6) is 11.5 Å². The van der Waals surface area contributed by atoms with Gasteiger partial charge in [0.25, 0.3) is 0 Å². The fourth-order valence-electron chi connectivity index (χ4n) is 5.77. The van der Waals surface area contributed by atoms with Crippen LogP contribution in [-0.2, 0) is 6.42 Å². The van der Waals surface area contributed by atoms with E-state index >= 15 is 0 Å². The highest BCUT2D eigenvalue weighted by atomic mass is 16.3. The number of rotatable bonds is 2. The maximum atomic E-state index is 11.3. The van der Waals surface area contributed by atoms with Gasteiger partial charge in [-0.3, -0.25) is 0 Å². The second kappa shape index (κ2) is 7.48. The van der Waals surface area contributed by atoms with Crippen molar-refractivity contribution in [2.24, 2.45) is 0 Å². The van der Waals surface area contributed by atoms with E-state index in [1.54, 1.807) is 12.1 Å². The molecule has 0 amide bonds. The summed E-state index contributed by atoms with van der Waals surface area (Å²) in [6.07, 6.45) is 0.781. The van der Waals surface area contributed by atoms with Crippen LogP contribution >= 0.6 is 0 Å². The molecular formula is C33H22O2. The van der Waals surface area contributed by atoms with Gasteiger partial charge >= 0.3 is 0 Å². The average Bonchev–Trinajstić information content (AvgIpc) is 3.27. The third-order valence-electron chi connectivity index (χ3n) is 7.32. The van der Waals surface area contributed by atoms with Gasteiger partial charge in [0, 0.05) is 11.1 Å². The summed E-state index contributed by atoms with van der Waals surface area (Å²) in [5.74, 6) is 0.481. The lowest BCUT2D eigenvalue weighted by atomic mass is 9.84. The highest BCUT2D eigenvalue weighted by Crippen LogP contribution is 2.51. The van der Waals surface area contributed by atoms with Gasteiger partial charge in [0.05, 0.1) is 0 Å². The minimum Gasteiger partial charge on any atom is -0.507 e. The molecule has 0 saturated carbocycles. The monoisotopic (exact) mass is 450 g/mol. The first kappa shape index (κ1) is 19.9. The van der Waals surface area contributed by atoms with E-state index in [2.05, 4.69) is 60.7 Å². The molecule has 0 saturated heterocycles. The molecule has 0 aromatic heterocycles. The predicted molar refractivity (Wildman–Crippen MR) is 144 cm³/mol. The number of hydrogen-bond donors (Lipinski definition) is 2. The molecular weight excluding hydrogens is 428 g/mol. The second-order valence-corrected chi connectivity index (χ2v) is 9.21. The second-order valence-electron chi connectivity index (χ2n) is 9.21. The largest absolute Gasteiger partial charge is 0.507 e. The molecule has 2 N–H and O–H groups in total. The van der Waals surface area contributed by atoms with Gasteiger partial charge < -0.3 is 10.2 Å². The number of fused-ring (bicyclic) bond motifs is 5. The van der Waals surface area contributed by atoms with Crippen molar-refractivity contribution < 1.29 is 10.2 Å². The quantitative estimate of drug-likeness (QED) is 0.278. The zero-order chi connectivity index (χ0) is 23.5. The molecule has 35 heavy (non-hydrogen) atoms. The molecule has 1 aliphatic carbocycles. The van der Waals surface area contributed by atoms with Gasteiger partial charge in [-0.15, -0.1) is 0 Å². The molecule has 0 radical (unpaired) electrons. The maximum absolute atomic E-state index is 11.3. The van der Waals surface area contributed by atoms with Crippen molar-refractivity contribution >= 4 is 21.5 Å².